The number of thiazole rings is 1. The molecule has 0 saturated carbocycles. The molecule has 0 aliphatic rings. The van der Waals surface area contributed by atoms with Gasteiger partial charge in [0.2, 0.25) is 5.95 Å². The highest BCUT2D eigenvalue weighted by atomic mass is 32.1. The lowest BCUT2D eigenvalue weighted by molar-refractivity contribution is 0.0940. The van der Waals surface area contributed by atoms with Crippen LogP contribution < -0.4 is 10.6 Å². The standard InChI is InChI=1S/C23H21N5OS/c1-15(17-7-9-18(10-8-17)21-14-30-16(2)27-21)26-22(29)19-5-3-6-20(13-19)28-23-24-11-4-12-25-23/h3-15H,1-2H3,(H,26,29)(H,24,25,28). The van der Waals surface area contributed by atoms with Gasteiger partial charge in [-0.25, -0.2) is 15.0 Å². The molecule has 7 heteroatoms. The third-order valence-corrected chi connectivity index (χ3v) is 5.39. The second-order valence-electron chi connectivity index (χ2n) is 6.85. The van der Waals surface area contributed by atoms with Crippen LogP contribution in [0.5, 0.6) is 0 Å². The van der Waals surface area contributed by atoms with Crippen LogP contribution in [0.15, 0.2) is 72.4 Å². The molecule has 0 radical (unpaired) electrons. The van der Waals surface area contributed by atoms with E-state index in [0.29, 0.717) is 11.5 Å². The van der Waals surface area contributed by atoms with E-state index in [1.54, 1.807) is 41.9 Å². The summed E-state index contributed by atoms with van der Waals surface area (Å²) in [5, 5.41) is 9.25. The maximum atomic E-state index is 12.7. The fourth-order valence-corrected chi connectivity index (χ4v) is 3.65. The Balaban J connectivity index is 1.42. The number of anilines is 2. The molecule has 6 nitrogen and oxygen atoms in total. The molecule has 0 aliphatic heterocycles. The second-order valence-corrected chi connectivity index (χ2v) is 7.91. The molecule has 1 unspecified atom stereocenters. The number of nitrogens with zero attached hydrogens (tertiary/aromatic N) is 3. The zero-order chi connectivity index (χ0) is 20.9. The summed E-state index contributed by atoms with van der Waals surface area (Å²) in [6.07, 6.45) is 3.32. The molecule has 4 rings (SSSR count). The van der Waals surface area contributed by atoms with Gasteiger partial charge < -0.3 is 10.6 Å². The van der Waals surface area contributed by atoms with Crippen molar-refractivity contribution in [2.24, 2.45) is 0 Å². The fourth-order valence-electron chi connectivity index (χ4n) is 3.03. The van der Waals surface area contributed by atoms with E-state index >= 15 is 0 Å². The molecule has 2 aromatic carbocycles. The Hall–Kier alpha value is -3.58. The van der Waals surface area contributed by atoms with Gasteiger partial charge in [0, 0.05) is 34.6 Å². The maximum absolute atomic E-state index is 12.7. The number of nitrogens with one attached hydrogen (secondary N) is 2. The van der Waals surface area contributed by atoms with E-state index < -0.39 is 0 Å². The molecule has 30 heavy (non-hydrogen) atoms. The Morgan fingerprint density at radius 1 is 1.03 bits per heavy atom. The highest BCUT2D eigenvalue weighted by Crippen LogP contribution is 2.24. The highest BCUT2D eigenvalue weighted by Gasteiger charge is 2.13. The van der Waals surface area contributed by atoms with Crippen molar-refractivity contribution in [2.45, 2.75) is 19.9 Å². The van der Waals surface area contributed by atoms with Gasteiger partial charge in [-0.15, -0.1) is 11.3 Å². The van der Waals surface area contributed by atoms with E-state index in [4.69, 9.17) is 0 Å². The summed E-state index contributed by atoms with van der Waals surface area (Å²) >= 11 is 1.64. The van der Waals surface area contributed by atoms with E-state index in [9.17, 15) is 4.79 Å². The van der Waals surface area contributed by atoms with Crippen LogP contribution in [0.4, 0.5) is 11.6 Å². The van der Waals surface area contributed by atoms with Gasteiger partial charge in [0.1, 0.15) is 0 Å². The molecular weight excluding hydrogens is 394 g/mol. The molecule has 0 saturated heterocycles. The van der Waals surface area contributed by atoms with Gasteiger partial charge in [-0.1, -0.05) is 30.3 Å². The maximum Gasteiger partial charge on any atom is 0.251 e. The minimum Gasteiger partial charge on any atom is -0.346 e. The molecule has 0 fully saturated rings. The number of hydrogen-bond donors (Lipinski definition) is 2. The first kappa shape index (κ1) is 19.7. The van der Waals surface area contributed by atoms with E-state index in [2.05, 4.69) is 31.0 Å². The summed E-state index contributed by atoms with van der Waals surface area (Å²) < 4.78 is 0. The van der Waals surface area contributed by atoms with E-state index in [0.717, 1.165) is 27.5 Å². The first-order valence-electron chi connectivity index (χ1n) is 9.56. The number of hydrogen-bond acceptors (Lipinski definition) is 6. The number of amides is 1. The predicted octanol–water partition coefficient (Wildman–Crippen LogP) is 5.14. The van der Waals surface area contributed by atoms with Crippen LogP contribution in [0.3, 0.4) is 0 Å². The van der Waals surface area contributed by atoms with Crippen molar-refractivity contribution in [2.75, 3.05) is 5.32 Å². The normalized spacial score (nSPS) is 11.7. The van der Waals surface area contributed by atoms with Crippen LogP contribution in [0.1, 0.15) is 33.9 Å². The smallest absolute Gasteiger partial charge is 0.251 e. The van der Waals surface area contributed by atoms with Gasteiger partial charge >= 0.3 is 0 Å². The van der Waals surface area contributed by atoms with Gasteiger partial charge in [-0.2, -0.15) is 0 Å². The van der Waals surface area contributed by atoms with E-state index in [-0.39, 0.29) is 11.9 Å². The van der Waals surface area contributed by atoms with Crippen molar-refractivity contribution in [3.8, 4) is 11.3 Å². The molecule has 2 heterocycles. The summed E-state index contributed by atoms with van der Waals surface area (Å²) in [6, 6.07) is 17.0. The lowest BCUT2D eigenvalue weighted by Crippen LogP contribution is -2.26. The quantitative estimate of drug-likeness (QED) is 0.456. The van der Waals surface area contributed by atoms with Crippen LogP contribution in [-0.4, -0.2) is 20.9 Å². The lowest BCUT2D eigenvalue weighted by Gasteiger charge is -2.15. The molecule has 2 aromatic heterocycles. The van der Waals surface area contributed by atoms with Crippen LogP contribution in [0.25, 0.3) is 11.3 Å². The first-order chi connectivity index (χ1) is 14.6. The molecule has 0 bridgehead atoms. The summed E-state index contributed by atoms with van der Waals surface area (Å²) in [5.41, 5.74) is 4.41. The first-order valence-corrected chi connectivity index (χ1v) is 10.4. The largest absolute Gasteiger partial charge is 0.346 e. The van der Waals surface area contributed by atoms with Crippen molar-refractivity contribution in [1.29, 1.82) is 0 Å². The predicted molar refractivity (Wildman–Crippen MR) is 120 cm³/mol. The molecular formula is C23H21N5OS. The Bertz CT molecular complexity index is 1140. The van der Waals surface area contributed by atoms with Crippen LogP contribution in [0, 0.1) is 6.92 Å². The summed E-state index contributed by atoms with van der Waals surface area (Å²) in [4.78, 5) is 25.5. The number of benzene rings is 2. The van der Waals surface area contributed by atoms with E-state index in [1.807, 2.05) is 50.2 Å². The van der Waals surface area contributed by atoms with Gasteiger partial charge in [-0.05, 0) is 43.7 Å². The number of rotatable bonds is 6. The average Bonchev–Trinajstić information content (AvgIpc) is 3.21. The van der Waals surface area contributed by atoms with Gasteiger partial charge in [0.25, 0.3) is 5.91 Å². The number of aryl methyl sites for hydroxylation is 1. The second kappa shape index (κ2) is 8.84. The minimum atomic E-state index is -0.140. The summed E-state index contributed by atoms with van der Waals surface area (Å²) in [7, 11) is 0. The van der Waals surface area contributed by atoms with Crippen molar-refractivity contribution < 1.29 is 4.79 Å². The topological polar surface area (TPSA) is 79.8 Å². The van der Waals surface area contributed by atoms with E-state index in [1.165, 1.54) is 0 Å². The molecule has 4 aromatic rings. The Kier molecular flexibility index (Phi) is 5.81. The van der Waals surface area contributed by atoms with Crippen molar-refractivity contribution in [3.63, 3.8) is 0 Å². The number of carbonyl (C=O) groups is 1. The van der Waals surface area contributed by atoms with Crippen molar-refractivity contribution in [3.05, 3.63) is 88.5 Å². The van der Waals surface area contributed by atoms with Gasteiger partial charge in [0.15, 0.2) is 0 Å². The molecule has 0 aliphatic carbocycles. The Morgan fingerprint density at radius 2 is 1.80 bits per heavy atom. The van der Waals surface area contributed by atoms with Crippen molar-refractivity contribution in [1.82, 2.24) is 20.3 Å². The van der Waals surface area contributed by atoms with Gasteiger partial charge in [-0.3, -0.25) is 4.79 Å². The van der Waals surface area contributed by atoms with Crippen LogP contribution in [0.2, 0.25) is 0 Å². The Labute approximate surface area is 179 Å². The lowest BCUT2D eigenvalue weighted by atomic mass is 10.0. The fraction of sp³-hybridized carbons (Fsp3) is 0.130. The highest BCUT2D eigenvalue weighted by molar-refractivity contribution is 7.09. The molecule has 1 atom stereocenters. The monoisotopic (exact) mass is 415 g/mol. The number of aromatic nitrogens is 3. The molecule has 0 spiro atoms. The zero-order valence-electron chi connectivity index (χ0n) is 16.7. The van der Waals surface area contributed by atoms with Crippen LogP contribution in [-0.2, 0) is 0 Å². The minimum absolute atomic E-state index is 0.127. The third-order valence-electron chi connectivity index (χ3n) is 4.62. The number of carbonyl (C=O) groups excluding carboxylic acids is 1. The molecule has 150 valence electrons. The van der Waals surface area contributed by atoms with Crippen molar-refractivity contribution >= 4 is 28.9 Å². The van der Waals surface area contributed by atoms with Gasteiger partial charge in [0.05, 0.1) is 16.7 Å². The summed E-state index contributed by atoms with van der Waals surface area (Å²) in [5.74, 6) is 0.346. The average molecular weight is 416 g/mol. The van der Waals surface area contributed by atoms with Crippen LogP contribution >= 0.6 is 11.3 Å². The third kappa shape index (κ3) is 4.69. The Morgan fingerprint density at radius 3 is 2.50 bits per heavy atom. The molecule has 1 amide bonds. The molecule has 2 N–H and O–H groups in total. The summed E-state index contributed by atoms with van der Waals surface area (Å²) in [6.45, 7) is 3.97. The SMILES string of the molecule is Cc1nc(-c2ccc(C(C)NC(=O)c3cccc(Nc4ncccn4)c3)cc2)cs1. The zero-order valence-corrected chi connectivity index (χ0v) is 17.5.